The summed E-state index contributed by atoms with van der Waals surface area (Å²) in [6.07, 6.45) is 0. The fourth-order valence-electron chi connectivity index (χ4n) is 2.59. The number of para-hydroxylation sites is 2. The van der Waals surface area contributed by atoms with Crippen LogP contribution in [0.3, 0.4) is 0 Å². The first-order valence-electron chi connectivity index (χ1n) is 5.86. The molecule has 0 radical (unpaired) electrons. The minimum Gasteiger partial charge on any atom is -0.350 e. The summed E-state index contributed by atoms with van der Waals surface area (Å²) in [4.78, 5) is 18.2. The van der Waals surface area contributed by atoms with Gasteiger partial charge in [-0.15, -0.1) is 0 Å². The van der Waals surface area contributed by atoms with Gasteiger partial charge in [0.25, 0.3) is 5.56 Å². The second-order valence-corrected chi connectivity index (χ2v) is 4.42. The van der Waals surface area contributed by atoms with Crippen LogP contribution in [-0.4, -0.2) is 9.97 Å². The number of nitrogens with one attached hydrogen (secondary N) is 2. The first-order chi connectivity index (χ1) is 8.84. The summed E-state index contributed by atoms with van der Waals surface area (Å²) in [7, 11) is 0. The quantitative estimate of drug-likeness (QED) is 0.482. The van der Waals surface area contributed by atoms with E-state index in [4.69, 9.17) is 0 Å². The zero-order chi connectivity index (χ0) is 12.1. The van der Waals surface area contributed by atoms with Gasteiger partial charge in [-0.2, -0.15) is 0 Å². The normalized spacial score (nSPS) is 11.6. The molecule has 0 bridgehead atoms. The third kappa shape index (κ3) is 1.10. The molecule has 3 nitrogen and oxygen atoms in total. The zero-order valence-corrected chi connectivity index (χ0v) is 9.53. The molecule has 3 heteroatoms. The molecule has 0 saturated heterocycles. The highest BCUT2D eigenvalue weighted by atomic mass is 16.1. The fraction of sp³-hybridized carbons (Fsp3) is 0. The highest BCUT2D eigenvalue weighted by Gasteiger charge is 2.10. The summed E-state index contributed by atoms with van der Waals surface area (Å²) in [6.45, 7) is 0. The van der Waals surface area contributed by atoms with Crippen molar-refractivity contribution >= 4 is 32.7 Å². The number of hydrogen-bond donors (Lipinski definition) is 2. The summed E-state index contributed by atoms with van der Waals surface area (Å²) in [5.41, 5.74) is 2.45. The maximum atomic E-state index is 12.1. The van der Waals surface area contributed by atoms with E-state index in [9.17, 15) is 4.79 Å². The Bertz CT molecular complexity index is 947. The van der Waals surface area contributed by atoms with Gasteiger partial charge < -0.3 is 9.97 Å². The van der Waals surface area contributed by atoms with Gasteiger partial charge in [0.2, 0.25) is 0 Å². The molecular weight excluding hydrogens is 224 g/mol. The van der Waals surface area contributed by atoms with Crippen molar-refractivity contribution in [1.29, 1.82) is 0 Å². The molecule has 0 fully saturated rings. The van der Waals surface area contributed by atoms with Gasteiger partial charge in [0.15, 0.2) is 0 Å². The molecule has 4 rings (SSSR count). The van der Waals surface area contributed by atoms with E-state index in [2.05, 4.69) is 9.97 Å². The van der Waals surface area contributed by atoms with Crippen molar-refractivity contribution < 1.29 is 0 Å². The second-order valence-electron chi connectivity index (χ2n) is 4.42. The van der Waals surface area contributed by atoms with Gasteiger partial charge in [0, 0.05) is 27.2 Å². The van der Waals surface area contributed by atoms with E-state index in [-0.39, 0.29) is 5.56 Å². The van der Waals surface area contributed by atoms with Crippen LogP contribution in [0.5, 0.6) is 0 Å². The van der Waals surface area contributed by atoms with Gasteiger partial charge in [0.1, 0.15) is 5.52 Å². The number of aromatic amines is 2. The summed E-state index contributed by atoms with van der Waals surface area (Å²) < 4.78 is 0. The van der Waals surface area contributed by atoms with Crippen LogP contribution in [0.15, 0.2) is 53.3 Å². The van der Waals surface area contributed by atoms with Crippen molar-refractivity contribution in [3.8, 4) is 0 Å². The van der Waals surface area contributed by atoms with E-state index in [1.54, 1.807) is 0 Å². The molecule has 18 heavy (non-hydrogen) atoms. The van der Waals surface area contributed by atoms with Crippen LogP contribution in [0, 0.1) is 0 Å². The number of aromatic nitrogens is 2. The number of fused-ring (bicyclic) bond motifs is 5. The zero-order valence-electron chi connectivity index (χ0n) is 9.53. The van der Waals surface area contributed by atoms with Crippen molar-refractivity contribution in [2.45, 2.75) is 0 Å². The number of rotatable bonds is 0. The third-order valence-corrected chi connectivity index (χ3v) is 3.38. The third-order valence-electron chi connectivity index (χ3n) is 3.38. The Hall–Kier alpha value is -2.55. The lowest BCUT2D eigenvalue weighted by atomic mass is 10.1. The molecule has 0 aliphatic heterocycles. The summed E-state index contributed by atoms with van der Waals surface area (Å²) in [5.74, 6) is 0. The van der Waals surface area contributed by atoms with Crippen LogP contribution >= 0.6 is 0 Å². The van der Waals surface area contributed by atoms with Crippen molar-refractivity contribution in [2.24, 2.45) is 0 Å². The Morgan fingerprint density at radius 1 is 0.722 bits per heavy atom. The lowest BCUT2D eigenvalue weighted by Gasteiger charge is -1.99. The Morgan fingerprint density at radius 2 is 1.28 bits per heavy atom. The molecule has 4 aromatic rings. The van der Waals surface area contributed by atoms with Crippen LogP contribution in [-0.2, 0) is 0 Å². The predicted molar refractivity (Wildman–Crippen MR) is 73.9 cm³/mol. The lowest BCUT2D eigenvalue weighted by molar-refractivity contribution is 1.32. The maximum Gasteiger partial charge on any atom is 0.272 e. The van der Waals surface area contributed by atoms with Gasteiger partial charge in [0.05, 0.1) is 0 Å². The molecule has 0 saturated carbocycles. The second kappa shape index (κ2) is 3.23. The van der Waals surface area contributed by atoms with E-state index in [0.29, 0.717) is 5.52 Å². The Balaban J connectivity index is 2.45. The predicted octanol–water partition coefficient (Wildman–Crippen LogP) is 3.16. The van der Waals surface area contributed by atoms with Crippen molar-refractivity contribution in [3.63, 3.8) is 0 Å². The van der Waals surface area contributed by atoms with Crippen molar-refractivity contribution in [1.82, 2.24) is 9.97 Å². The number of hydrogen-bond acceptors (Lipinski definition) is 1. The van der Waals surface area contributed by atoms with Crippen LogP contribution in [0.1, 0.15) is 0 Å². The SMILES string of the molecule is O=c1[nH]c2ccccc2c2c1[nH]c1ccccc12. The molecule has 86 valence electrons. The first kappa shape index (κ1) is 9.48. The standard InChI is InChI=1S/C15H10N2O/c18-15-14-13(9-5-1-3-7-11(9)16-14)10-6-2-4-8-12(10)17-15/h1-8,16H,(H,17,18). The maximum absolute atomic E-state index is 12.1. The Morgan fingerprint density at radius 3 is 1.94 bits per heavy atom. The monoisotopic (exact) mass is 234 g/mol. The van der Waals surface area contributed by atoms with Crippen LogP contribution in [0.2, 0.25) is 0 Å². The minimum atomic E-state index is -0.0695. The number of pyridine rings is 1. The van der Waals surface area contributed by atoms with Gasteiger partial charge in [-0.1, -0.05) is 36.4 Å². The molecule has 2 heterocycles. The number of H-pyrrole nitrogens is 2. The summed E-state index contributed by atoms with van der Waals surface area (Å²) >= 11 is 0. The molecule has 2 N–H and O–H groups in total. The van der Waals surface area contributed by atoms with E-state index in [1.807, 2.05) is 48.5 Å². The first-order valence-corrected chi connectivity index (χ1v) is 5.86. The molecule has 2 aromatic heterocycles. The molecule has 0 aliphatic carbocycles. The average Bonchev–Trinajstić information content (AvgIpc) is 2.79. The van der Waals surface area contributed by atoms with Crippen molar-refractivity contribution in [2.75, 3.05) is 0 Å². The van der Waals surface area contributed by atoms with E-state index in [1.165, 1.54) is 0 Å². The highest BCUT2D eigenvalue weighted by Crippen LogP contribution is 2.28. The fourth-order valence-corrected chi connectivity index (χ4v) is 2.59. The molecule has 0 atom stereocenters. The highest BCUT2D eigenvalue weighted by molar-refractivity contribution is 6.18. The van der Waals surface area contributed by atoms with E-state index in [0.717, 1.165) is 27.2 Å². The summed E-state index contributed by atoms with van der Waals surface area (Å²) in [6, 6.07) is 15.9. The van der Waals surface area contributed by atoms with Crippen LogP contribution in [0.25, 0.3) is 32.7 Å². The van der Waals surface area contributed by atoms with Crippen LogP contribution < -0.4 is 5.56 Å². The van der Waals surface area contributed by atoms with Crippen molar-refractivity contribution in [3.05, 3.63) is 58.9 Å². The van der Waals surface area contributed by atoms with Gasteiger partial charge in [-0.25, -0.2) is 0 Å². The molecule has 0 spiro atoms. The lowest BCUT2D eigenvalue weighted by Crippen LogP contribution is -2.05. The Kier molecular flexibility index (Phi) is 1.70. The Labute approximate surface area is 102 Å². The number of benzene rings is 2. The largest absolute Gasteiger partial charge is 0.350 e. The summed E-state index contributed by atoms with van der Waals surface area (Å²) in [5, 5.41) is 3.17. The van der Waals surface area contributed by atoms with Crippen LogP contribution in [0.4, 0.5) is 0 Å². The smallest absolute Gasteiger partial charge is 0.272 e. The molecule has 0 amide bonds. The molecule has 0 unspecified atom stereocenters. The van der Waals surface area contributed by atoms with Gasteiger partial charge in [-0.3, -0.25) is 4.79 Å². The molecule has 0 aliphatic rings. The average molecular weight is 234 g/mol. The topological polar surface area (TPSA) is 48.6 Å². The minimum absolute atomic E-state index is 0.0695. The van der Waals surface area contributed by atoms with Gasteiger partial charge >= 0.3 is 0 Å². The van der Waals surface area contributed by atoms with Gasteiger partial charge in [-0.05, 0) is 12.1 Å². The molecule has 2 aromatic carbocycles. The van der Waals surface area contributed by atoms with E-state index < -0.39 is 0 Å². The molecular formula is C15H10N2O. The van der Waals surface area contributed by atoms with E-state index >= 15 is 0 Å².